The zero-order valence-corrected chi connectivity index (χ0v) is 13.4. The second kappa shape index (κ2) is 5.86. The van der Waals surface area contributed by atoms with Crippen molar-refractivity contribution in [1.82, 2.24) is 5.32 Å². The minimum atomic E-state index is -2.79. The van der Waals surface area contributed by atoms with E-state index in [-0.39, 0.29) is 11.5 Å². The zero-order chi connectivity index (χ0) is 14.8. The maximum Gasteiger partial charge on any atom is 0.150 e. The van der Waals surface area contributed by atoms with Crippen molar-refractivity contribution < 1.29 is 8.42 Å². The number of hydrogen-bond donors (Lipinski definition) is 1. The fourth-order valence-corrected chi connectivity index (χ4v) is 4.28. The third-order valence-corrected chi connectivity index (χ3v) is 5.67. The molecule has 0 bridgehead atoms. The normalized spacial score (nSPS) is 21.6. The summed E-state index contributed by atoms with van der Waals surface area (Å²) in [6, 6.07) is 11.0. The Hall–Kier alpha value is -0.870. The molecule has 2 rings (SSSR count). The lowest BCUT2D eigenvalue weighted by molar-refractivity contribution is 0.242. The summed E-state index contributed by atoms with van der Waals surface area (Å²) in [6.45, 7) is 6.66. The average molecular weight is 295 g/mol. The molecule has 112 valence electrons. The van der Waals surface area contributed by atoms with Gasteiger partial charge in [0.2, 0.25) is 0 Å². The first kappa shape index (κ1) is 15.5. The van der Waals surface area contributed by atoms with Crippen molar-refractivity contribution in [2.45, 2.75) is 45.7 Å². The molecule has 0 aliphatic carbocycles. The highest BCUT2D eigenvalue weighted by atomic mass is 32.2. The van der Waals surface area contributed by atoms with E-state index >= 15 is 0 Å². The molecule has 0 saturated carbocycles. The van der Waals surface area contributed by atoms with Gasteiger partial charge in [0.25, 0.3) is 0 Å². The van der Waals surface area contributed by atoms with E-state index in [0.717, 1.165) is 12.8 Å². The summed E-state index contributed by atoms with van der Waals surface area (Å²) in [4.78, 5) is 0. The molecule has 0 amide bonds. The summed E-state index contributed by atoms with van der Waals surface area (Å²) in [7, 11) is -2.79. The number of benzene rings is 1. The molecule has 3 nitrogen and oxygen atoms in total. The van der Waals surface area contributed by atoms with Gasteiger partial charge < -0.3 is 5.32 Å². The van der Waals surface area contributed by atoms with Crippen LogP contribution in [-0.4, -0.2) is 26.0 Å². The van der Waals surface area contributed by atoms with Crippen LogP contribution < -0.4 is 5.32 Å². The van der Waals surface area contributed by atoms with E-state index in [4.69, 9.17) is 0 Å². The van der Waals surface area contributed by atoms with E-state index in [1.54, 1.807) is 0 Å². The summed E-state index contributed by atoms with van der Waals surface area (Å²) in [6.07, 6.45) is 1.45. The molecule has 20 heavy (non-hydrogen) atoms. The van der Waals surface area contributed by atoms with Gasteiger partial charge in [-0.2, -0.15) is 0 Å². The van der Waals surface area contributed by atoms with Crippen molar-refractivity contribution in [3.05, 3.63) is 35.9 Å². The monoisotopic (exact) mass is 295 g/mol. The van der Waals surface area contributed by atoms with E-state index in [9.17, 15) is 8.42 Å². The second-order valence-electron chi connectivity index (χ2n) is 6.80. The van der Waals surface area contributed by atoms with E-state index in [0.29, 0.717) is 17.5 Å². The van der Waals surface area contributed by atoms with E-state index in [1.165, 1.54) is 5.56 Å². The lowest BCUT2D eigenvalue weighted by Crippen LogP contribution is -2.43. The van der Waals surface area contributed by atoms with E-state index in [1.807, 2.05) is 6.07 Å². The Balaban J connectivity index is 2.10. The molecule has 0 radical (unpaired) electrons. The lowest BCUT2D eigenvalue weighted by Gasteiger charge is -2.36. The van der Waals surface area contributed by atoms with Gasteiger partial charge >= 0.3 is 0 Å². The number of hydrogen-bond acceptors (Lipinski definition) is 3. The maximum absolute atomic E-state index is 11.5. The first-order chi connectivity index (χ1) is 9.28. The molecule has 0 aromatic heterocycles. The Morgan fingerprint density at radius 1 is 1.10 bits per heavy atom. The number of nitrogens with one attached hydrogen (secondary N) is 1. The van der Waals surface area contributed by atoms with Crippen LogP contribution in [0.2, 0.25) is 0 Å². The molecule has 1 saturated heterocycles. The van der Waals surface area contributed by atoms with Crippen molar-refractivity contribution >= 4 is 9.84 Å². The first-order valence-electron chi connectivity index (χ1n) is 7.29. The van der Waals surface area contributed by atoms with Crippen LogP contribution >= 0.6 is 0 Å². The van der Waals surface area contributed by atoms with Crippen LogP contribution in [0.4, 0.5) is 0 Å². The molecule has 1 aromatic rings. The summed E-state index contributed by atoms with van der Waals surface area (Å²) in [5.74, 6) is 0.632. The van der Waals surface area contributed by atoms with Gasteiger partial charge in [0.1, 0.15) is 9.84 Å². The predicted molar refractivity (Wildman–Crippen MR) is 83.4 cm³/mol. The SMILES string of the molecule is CC(C)(C)C(NC1CCS(=O)(=O)CC1)c1ccccc1. The number of sulfone groups is 1. The van der Waals surface area contributed by atoms with Gasteiger partial charge in [0.15, 0.2) is 0 Å². The van der Waals surface area contributed by atoms with Crippen molar-refractivity contribution in [3.63, 3.8) is 0 Å². The van der Waals surface area contributed by atoms with Crippen LogP contribution in [0.3, 0.4) is 0 Å². The summed E-state index contributed by atoms with van der Waals surface area (Å²) in [5.41, 5.74) is 1.37. The van der Waals surface area contributed by atoms with Crippen molar-refractivity contribution in [2.24, 2.45) is 5.41 Å². The quantitative estimate of drug-likeness (QED) is 0.932. The molecule has 1 atom stereocenters. The van der Waals surface area contributed by atoms with Gasteiger partial charge in [-0.1, -0.05) is 51.1 Å². The van der Waals surface area contributed by atoms with Gasteiger partial charge in [-0.15, -0.1) is 0 Å². The van der Waals surface area contributed by atoms with Crippen molar-refractivity contribution in [2.75, 3.05) is 11.5 Å². The number of rotatable bonds is 3. The average Bonchev–Trinajstić information content (AvgIpc) is 2.37. The van der Waals surface area contributed by atoms with Crippen LogP contribution in [0.5, 0.6) is 0 Å². The van der Waals surface area contributed by atoms with Crippen molar-refractivity contribution in [1.29, 1.82) is 0 Å². The molecule has 1 N–H and O–H groups in total. The third-order valence-electron chi connectivity index (χ3n) is 3.96. The molecule has 1 aromatic carbocycles. The minimum Gasteiger partial charge on any atom is -0.307 e. The third kappa shape index (κ3) is 4.06. The molecule has 1 aliphatic heterocycles. The summed E-state index contributed by atoms with van der Waals surface area (Å²) in [5, 5.41) is 3.69. The molecular formula is C16H25NO2S. The Kier molecular flexibility index (Phi) is 4.55. The van der Waals surface area contributed by atoms with Crippen LogP contribution in [0.1, 0.15) is 45.2 Å². The minimum absolute atomic E-state index is 0.0949. The van der Waals surface area contributed by atoms with Crippen LogP contribution in [0.25, 0.3) is 0 Å². The molecule has 1 heterocycles. The highest BCUT2D eigenvalue weighted by Crippen LogP contribution is 2.34. The summed E-state index contributed by atoms with van der Waals surface area (Å²) >= 11 is 0. The Morgan fingerprint density at radius 3 is 2.15 bits per heavy atom. The lowest BCUT2D eigenvalue weighted by atomic mass is 9.81. The molecule has 4 heteroatoms. The molecule has 1 aliphatic rings. The van der Waals surface area contributed by atoms with Crippen LogP contribution in [-0.2, 0) is 9.84 Å². The fraction of sp³-hybridized carbons (Fsp3) is 0.625. The predicted octanol–water partition coefficient (Wildman–Crippen LogP) is 2.94. The van der Waals surface area contributed by atoms with Gasteiger partial charge in [-0.3, -0.25) is 0 Å². The standard InChI is InChI=1S/C16H25NO2S/c1-16(2,3)15(13-7-5-4-6-8-13)17-14-9-11-20(18,19)12-10-14/h4-8,14-15,17H,9-12H2,1-3H3. The zero-order valence-electron chi connectivity index (χ0n) is 12.6. The van der Waals surface area contributed by atoms with Gasteiger partial charge in [-0.05, 0) is 23.8 Å². The Morgan fingerprint density at radius 2 is 1.65 bits per heavy atom. The van der Waals surface area contributed by atoms with Crippen LogP contribution in [0, 0.1) is 5.41 Å². The Bertz CT molecular complexity index is 517. The first-order valence-corrected chi connectivity index (χ1v) is 9.11. The topological polar surface area (TPSA) is 46.2 Å². The molecular weight excluding hydrogens is 270 g/mol. The smallest absolute Gasteiger partial charge is 0.150 e. The molecule has 1 unspecified atom stereocenters. The fourth-order valence-electron chi connectivity index (χ4n) is 2.78. The Labute approximate surface area is 122 Å². The highest BCUT2D eigenvalue weighted by molar-refractivity contribution is 7.91. The van der Waals surface area contributed by atoms with Gasteiger partial charge in [0, 0.05) is 12.1 Å². The maximum atomic E-state index is 11.5. The van der Waals surface area contributed by atoms with Gasteiger partial charge in [0.05, 0.1) is 11.5 Å². The van der Waals surface area contributed by atoms with E-state index in [2.05, 4.69) is 50.4 Å². The summed E-state index contributed by atoms with van der Waals surface area (Å²) < 4.78 is 23.0. The van der Waals surface area contributed by atoms with Crippen molar-refractivity contribution in [3.8, 4) is 0 Å². The highest BCUT2D eigenvalue weighted by Gasteiger charge is 2.31. The molecule has 1 fully saturated rings. The molecule has 0 spiro atoms. The largest absolute Gasteiger partial charge is 0.307 e. The van der Waals surface area contributed by atoms with E-state index < -0.39 is 9.84 Å². The second-order valence-corrected chi connectivity index (χ2v) is 9.11. The van der Waals surface area contributed by atoms with Crippen LogP contribution in [0.15, 0.2) is 30.3 Å². The van der Waals surface area contributed by atoms with Gasteiger partial charge in [-0.25, -0.2) is 8.42 Å².